The summed E-state index contributed by atoms with van der Waals surface area (Å²) in [6, 6.07) is 8.99. The minimum absolute atomic E-state index is 0.0106. The van der Waals surface area contributed by atoms with E-state index in [1.54, 1.807) is 3.61 Å². The fourth-order valence-corrected chi connectivity index (χ4v) is 5.28. The van der Waals surface area contributed by atoms with Gasteiger partial charge in [0.25, 0.3) is 0 Å². The van der Waals surface area contributed by atoms with Crippen LogP contribution in [0.1, 0.15) is 19.3 Å². The van der Waals surface area contributed by atoms with Gasteiger partial charge in [-0.25, -0.2) is 0 Å². The normalized spacial score (nSPS) is 23.9. The summed E-state index contributed by atoms with van der Waals surface area (Å²) in [5.41, 5.74) is 1.28. The molecule has 1 aliphatic rings. The molecule has 1 aromatic carbocycles. The van der Waals surface area contributed by atoms with E-state index in [9.17, 15) is 5.11 Å². The van der Waals surface area contributed by atoms with Crippen molar-refractivity contribution in [3.8, 4) is 0 Å². The molecule has 0 bridgehead atoms. The summed E-state index contributed by atoms with van der Waals surface area (Å²) in [7, 11) is 4.15. The van der Waals surface area contributed by atoms with E-state index in [2.05, 4.69) is 43.3 Å². The first-order valence-electron chi connectivity index (χ1n) is 6.23. The molecule has 0 heterocycles. The van der Waals surface area contributed by atoms with Crippen molar-refractivity contribution in [1.29, 1.82) is 0 Å². The Morgan fingerprint density at radius 3 is 2.47 bits per heavy atom. The van der Waals surface area contributed by atoms with Crippen LogP contribution in [0.5, 0.6) is 0 Å². The Labute approximate surface area is 114 Å². The van der Waals surface area contributed by atoms with Crippen LogP contribution in [0.25, 0.3) is 0 Å². The molecule has 1 saturated carbocycles. The van der Waals surface area contributed by atoms with Crippen LogP contribution in [0, 0.1) is 5.92 Å². The van der Waals surface area contributed by atoms with Gasteiger partial charge in [-0.05, 0) is 0 Å². The van der Waals surface area contributed by atoms with Gasteiger partial charge in [0.05, 0.1) is 0 Å². The van der Waals surface area contributed by atoms with Crippen LogP contribution in [0.4, 0.5) is 5.69 Å². The van der Waals surface area contributed by atoms with E-state index in [1.165, 1.54) is 16.6 Å². The van der Waals surface area contributed by atoms with Gasteiger partial charge in [0.1, 0.15) is 0 Å². The third kappa shape index (κ3) is 3.88. The topological polar surface area (TPSA) is 23.5 Å². The average Bonchev–Trinajstić information content (AvgIpc) is 2.73. The fourth-order valence-electron chi connectivity index (χ4n) is 2.25. The predicted octanol–water partition coefficient (Wildman–Crippen LogP) is 1.66. The predicted molar refractivity (Wildman–Crippen MR) is 74.3 cm³/mol. The van der Waals surface area contributed by atoms with E-state index >= 15 is 0 Å². The van der Waals surface area contributed by atoms with Gasteiger partial charge >= 0.3 is 114 Å². The van der Waals surface area contributed by atoms with Crippen molar-refractivity contribution in [3.05, 3.63) is 24.3 Å². The molecule has 1 N–H and O–H groups in total. The second-order valence-electron chi connectivity index (χ2n) is 5.03. The zero-order valence-electron chi connectivity index (χ0n) is 10.6. The molecule has 1 fully saturated rings. The second-order valence-corrected chi connectivity index (χ2v) is 8.15. The maximum atomic E-state index is 9.50. The zero-order chi connectivity index (χ0) is 12.3. The second kappa shape index (κ2) is 6.09. The molecule has 2 nitrogen and oxygen atoms in total. The molecule has 0 aliphatic heterocycles. The number of aliphatic hydroxyl groups is 1. The molecule has 0 amide bonds. The maximum absolute atomic E-state index is 9.50. The van der Waals surface area contributed by atoms with Crippen LogP contribution >= 0.6 is 0 Å². The van der Waals surface area contributed by atoms with Gasteiger partial charge in [0.2, 0.25) is 0 Å². The van der Waals surface area contributed by atoms with Gasteiger partial charge < -0.3 is 0 Å². The van der Waals surface area contributed by atoms with Crippen molar-refractivity contribution in [1.82, 2.24) is 0 Å². The Kier molecular flexibility index (Phi) is 4.73. The van der Waals surface area contributed by atoms with Crippen LogP contribution in [0.2, 0.25) is 4.47 Å². The van der Waals surface area contributed by atoms with Gasteiger partial charge in [-0.2, -0.15) is 0 Å². The zero-order valence-corrected chi connectivity index (χ0v) is 12.9. The molecular formula is C14H21NOTe. The van der Waals surface area contributed by atoms with E-state index < -0.39 is 0 Å². The van der Waals surface area contributed by atoms with Crippen molar-refractivity contribution in [2.24, 2.45) is 5.92 Å². The quantitative estimate of drug-likeness (QED) is 0.838. The Hall–Kier alpha value is -0.230. The molecule has 2 atom stereocenters. The summed E-state index contributed by atoms with van der Waals surface area (Å²) in [4.78, 5) is 2.14. The van der Waals surface area contributed by atoms with E-state index in [4.69, 9.17) is 0 Å². The minimum atomic E-state index is -0.0519. The number of anilines is 1. The first kappa shape index (κ1) is 13.2. The summed E-state index contributed by atoms with van der Waals surface area (Å²) in [5, 5.41) is 9.50. The molecule has 0 radical (unpaired) electrons. The summed E-state index contributed by atoms with van der Waals surface area (Å²) in [5.74, 6) is 0.793. The number of hydrogen-bond donors (Lipinski definition) is 1. The third-order valence-electron chi connectivity index (χ3n) is 3.35. The summed E-state index contributed by atoms with van der Waals surface area (Å²) >= 11 is -0.0519. The number of aliphatic hydroxyl groups excluding tert-OH is 1. The van der Waals surface area contributed by atoms with Gasteiger partial charge in [-0.3, -0.25) is 0 Å². The van der Waals surface area contributed by atoms with Crippen molar-refractivity contribution < 1.29 is 5.11 Å². The first-order valence-corrected chi connectivity index (χ1v) is 9.04. The van der Waals surface area contributed by atoms with E-state index in [0.717, 1.165) is 18.8 Å². The first-order chi connectivity index (χ1) is 8.15. The molecule has 1 aliphatic carbocycles. The summed E-state index contributed by atoms with van der Waals surface area (Å²) < 4.78 is 2.89. The van der Waals surface area contributed by atoms with Crippen molar-refractivity contribution >= 4 is 30.2 Å². The van der Waals surface area contributed by atoms with E-state index in [0.29, 0.717) is 0 Å². The summed E-state index contributed by atoms with van der Waals surface area (Å²) in [6.07, 6.45) is 3.29. The molecule has 0 spiro atoms. The molecule has 2 unspecified atom stereocenters. The van der Waals surface area contributed by atoms with E-state index in [-0.39, 0.29) is 27.0 Å². The standard InChI is InChI=1S/C14H21NOTe/c1-15(2)12-4-7-14(8-5-12)17-10-11-3-6-13(16)9-11/h4-5,7-8,11,13,16H,3,6,9-10H2,1-2H3. The molecule has 0 saturated heterocycles. The number of nitrogens with zero attached hydrogens (tertiary/aromatic N) is 1. The molecule has 1 aromatic rings. The number of hydrogen-bond acceptors (Lipinski definition) is 2. The van der Waals surface area contributed by atoms with Crippen LogP contribution in [0.3, 0.4) is 0 Å². The van der Waals surface area contributed by atoms with Crippen molar-refractivity contribution in [3.63, 3.8) is 0 Å². The Morgan fingerprint density at radius 2 is 1.94 bits per heavy atom. The van der Waals surface area contributed by atoms with Gasteiger partial charge in [-0.15, -0.1) is 0 Å². The van der Waals surface area contributed by atoms with Crippen LogP contribution in [0.15, 0.2) is 24.3 Å². The van der Waals surface area contributed by atoms with Crippen LogP contribution in [-0.4, -0.2) is 46.2 Å². The Bertz CT molecular complexity index is 350. The SMILES string of the molecule is CN(C)c1ccc([Te]CC2CCC(O)C2)cc1. The molecule has 94 valence electrons. The number of rotatable bonds is 4. The average molecular weight is 347 g/mol. The van der Waals surface area contributed by atoms with Crippen LogP contribution < -0.4 is 8.51 Å². The number of benzene rings is 1. The van der Waals surface area contributed by atoms with Crippen LogP contribution in [-0.2, 0) is 0 Å². The molecule has 17 heavy (non-hydrogen) atoms. The Morgan fingerprint density at radius 1 is 1.24 bits per heavy atom. The summed E-state index contributed by atoms with van der Waals surface area (Å²) in [6.45, 7) is 0. The van der Waals surface area contributed by atoms with Gasteiger partial charge in [0.15, 0.2) is 0 Å². The molecular weight excluding hydrogens is 326 g/mol. The van der Waals surface area contributed by atoms with E-state index in [1.807, 2.05) is 0 Å². The molecule has 3 heteroatoms. The van der Waals surface area contributed by atoms with Crippen molar-refractivity contribution in [2.75, 3.05) is 19.0 Å². The Balaban J connectivity index is 1.83. The third-order valence-corrected chi connectivity index (χ3v) is 6.90. The molecule has 0 aromatic heterocycles. The van der Waals surface area contributed by atoms with Gasteiger partial charge in [-0.1, -0.05) is 0 Å². The van der Waals surface area contributed by atoms with Gasteiger partial charge in [0, 0.05) is 0 Å². The monoisotopic (exact) mass is 349 g/mol. The molecule has 2 rings (SSSR count). The van der Waals surface area contributed by atoms with Crippen molar-refractivity contribution in [2.45, 2.75) is 29.8 Å². The fraction of sp³-hybridized carbons (Fsp3) is 0.571.